The number of carbonyl (C=O) groups is 2. The van der Waals surface area contributed by atoms with Crippen molar-refractivity contribution in [3.8, 4) is 5.75 Å². The predicted molar refractivity (Wildman–Crippen MR) is 106 cm³/mol. The lowest BCUT2D eigenvalue weighted by atomic mass is 10.0. The van der Waals surface area contributed by atoms with Gasteiger partial charge in [-0.1, -0.05) is 12.1 Å². The van der Waals surface area contributed by atoms with E-state index in [1.165, 1.54) is 6.92 Å². The molecule has 2 heterocycles. The Balaban J connectivity index is 1.76. The molecule has 28 heavy (non-hydrogen) atoms. The standard InChI is InChI=1S/C21H28N4O3/c1-14(2)25-13-23-18-9-11-24(15(3)26)20(19(18)25)21(27)22-10-8-16-6-5-7-17(12-16)28-4/h5-7,12-14,20H,8-11H2,1-4H3,(H,22,27). The average molecular weight is 384 g/mol. The van der Waals surface area contributed by atoms with Gasteiger partial charge in [0, 0.05) is 32.5 Å². The number of amides is 2. The van der Waals surface area contributed by atoms with Crippen LogP contribution in [-0.4, -0.2) is 46.5 Å². The molecule has 2 amide bonds. The summed E-state index contributed by atoms with van der Waals surface area (Å²) in [6.07, 6.45) is 3.13. The molecule has 0 saturated carbocycles. The second-order valence-electron chi connectivity index (χ2n) is 7.34. The zero-order valence-corrected chi connectivity index (χ0v) is 16.9. The molecule has 1 aliphatic heterocycles. The van der Waals surface area contributed by atoms with Gasteiger partial charge in [-0.3, -0.25) is 9.59 Å². The smallest absolute Gasteiger partial charge is 0.249 e. The molecule has 0 saturated heterocycles. The van der Waals surface area contributed by atoms with Crippen LogP contribution >= 0.6 is 0 Å². The Kier molecular flexibility index (Phi) is 6.02. The minimum atomic E-state index is -0.642. The van der Waals surface area contributed by atoms with Gasteiger partial charge < -0.3 is 19.5 Å². The zero-order chi connectivity index (χ0) is 20.3. The number of hydrogen-bond acceptors (Lipinski definition) is 4. The number of nitrogens with zero attached hydrogens (tertiary/aromatic N) is 3. The third-order valence-electron chi connectivity index (χ3n) is 5.13. The van der Waals surface area contributed by atoms with E-state index in [4.69, 9.17) is 4.74 Å². The van der Waals surface area contributed by atoms with Crippen molar-refractivity contribution in [2.45, 2.75) is 45.7 Å². The molecular formula is C21H28N4O3. The van der Waals surface area contributed by atoms with Crippen molar-refractivity contribution in [2.24, 2.45) is 0 Å². The van der Waals surface area contributed by atoms with Crippen LogP contribution in [0.15, 0.2) is 30.6 Å². The summed E-state index contributed by atoms with van der Waals surface area (Å²) in [4.78, 5) is 31.4. The summed E-state index contributed by atoms with van der Waals surface area (Å²) >= 11 is 0. The quantitative estimate of drug-likeness (QED) is 0.829. The second-order valence-corrected chi connectivity index (χ2v) is 7.34. The normalized spacial score (nSPS) is 16.0. The number of ether oxygens (including phenoxy) is 1. The molecule has 0 aliphatic carbocycles. The van der Waals surface area contributed by atoms with Gasteiger partial charge in [0.1, 0.15) is 5.75 Å². The fourth-order valence-electron chi connectivity index (χ4n) is 3.68. The fraction of sp³-hybridized carbons (Fsp3) is 0.476. The van der Waals surface area contributed by atoms with Crippen LogP contribution in [0.3, 0.4) is 0 Å². The van der Waals surface area contributed by atoms with E-state index in [0.717, 1.165) is 22.7 Å². The largest absolute Gasteiger partial charge is 0.497 e. The van der Waals surface area contributed by atoms with E-state index >= 15 is 0 Å². The Morgan fingerprint density at radius 3 is 2.82 bits per heavy atom. The molecule has 0 fully saturated rings. The lowest BCUT2D eigenvalue weighted by Crippen LogP contribution is -2.47. The molecule has 1 aromatic carbocycles. The van der Waals surface area contributed by atoms with E-state index in [-0.39, 0.29) is 17.9 Å². The van der Waals surface area contributed by atoms with Crippen molar-refractivity contribution in [3.05, 3.63) is 47.5 Å². The van der Waals surface area contributed by atoms with Crippen molar-refractivity contribution < 1.29 is 14.3 Å². The molecule has 1 unspecified atom stereocenters. The molecule has 0 bridgehead atoms. The molecular weight excluding hydrogens is 356 g/mol. The van der Waals surface area contributed by atoms with Gasteiger partial charge in [-0.2, -0.15) is 0 Å². The summed E-state index contributed by atoms with van der Waals surface area (Å²) in [5.74, 6) is 0.529. The maximum absolute atomic E-state index is 13.1. The number of carbonyl (C=O) groups excluding carboxylic acids is 2. The summed E-state index contributed by atoms with van der Waals surface area (Å²) in [6.45, 7) is 6.60. The topological polar surface area (TPSA) is 76.5 Å². The van der Waals surface area contributed by atoms with Crippen molar-refractivity contribution in [3.63, 3.8) is 0 Å². The van der Waals surface area contributed by atoms with Gasteiger partial charge in [0.2, 0.25) is 11.8 Å². The molecule has 1 atom stereocenters. The Labute approximate surface area is 165 Å². The molecule has 1 aliphatic rings. The Hall–Kier alpha value is -2.83. The number of rotatable bonds is 6. The molecule has 0 spiro atoms. The highest BCUT2D eigenvalue weighted by Crippen LogP contribution is 2.31. The zero-order valence-electron chi connectivity index (χ0n) is 16.9. The number of hydrogen-bond donors (Lipinski definition) is 1. The van der Waals surface area contributed by atoms with Gasteiger partial charge in [0.15, 0.2) is 6.04 Å². The molecule has 1 N–H and O–H groups in total. The second kappa shape index (κ2) is 8.46. The van der Waals surface area contributed by atoms with Crippen LogP contribution < -0.4 is 10.1 Å². The van der Waals surface area contributed by atoms with Gasteiger partial charge in [-0.25, -0.2) is 4.98 Å². The van der Waals surface area contributed by atoms with E-state index in [9.17, 15) is 9.59 Å². The first-order chi connectivity index (χ1) is 13.4. The van der Waals surface area contributed by atoms with E-state index in [2.05, 4.69) is 10.3 Å². The highest BCUT2D eigenvalue weighted by atomic mass is 16.5. The number of nitrogens with one attached hydrogen (secondary N) is 1. The van der Waals surface area contributed by atoms with Crippen LogP contribution in [0.5, 0.6) is 5.75 Å². The number of aromatic nitrogens is 2. The number of methoxy groups -OCH3 is 1. The van der Waals surface area contributed by atoms with Gasteiger partial charge in [-0.15, -0.1) is 0 Å². The highest BCUT2D eigenvalue weighted by molar-refractivity contribution is 5.88. The van der Waals surface area contributed by atoms with Crippen LogP contribution in [0.2, 0.25) is 0 Å². The summed E-state index contributed by atoms with van der Waals surface area (Å²) in [5, 5.41) is 3.01. The van der Waals surface area contributed by atoms with E-state index < -0.39 is 6.04 Å². The SMILES string of the molecule is COc1cccc(CCNC(=O)C2c3c(ncn3C(C)C)CCN2C(C)=O)c1. The summed E-state index contributed by atoms with van der Waals surface area (Å²) in [5.41, 5.74) is 2.81. The maximum Gasteiger partial charge on any atom is 0.249 e. The van der Waals surface area contributed by atoms with Crippen LogP contribution in [0, 0.1) is 0 Å². The third kappa shape index (κ3) is 4.03. The minimum Gasteiger partial charge on any atom is -0.497 e. The Morgan fingerprint density at radius 2 is 2.14 bits per heavy atom. The van der Waals surface area contributed by atoms with Crippen molar-refractivity contribution >= 4 is 11.8 Å². The number of fused-ring (bicyclic) bond motifs is 1. The number of imidazole rings is 1. The minimum absolute atomic E-state index is 0.102. The molecule has 1 aromatic heterocycles. The average Bonchev–Trinajstić information content (AvgIpc) is 3.11. The monoisotopic (exact) mass is 384 g/mol. The summed E-state index contributed by atoms with van der Waals surface area (Å²) < 4.78 is 7.24. The maximum atomic E-state index is 13.1. The van der Waals surface area contributed by atoms with Crippen LogP contribution in [0.4, 0.5) is 0 Å². The van der Waals surface area contributed by atoms with E-state index in [1.807, 2.05) is 42.7 Å². The Bertz CT molecular complexity index is 859. The Morgan fingerprint density at radius 1 is 1.36 bits per heavy atom. The molecule has 150 valence electrons. The van der Waals surface area contributed by atoms with E-state index in [1.54, 1.807) is 18.3 Å². The lowest BCUT2D eigenvalue weighted by molar-refractivity contribution is -0.140. The van der Waals surface area contributed by atoms with Crippen LogP contribution in [0.25, 0.3) is 0 Å². The molecule has 3 rings (SSSR count). The first-order valence-corrected chi connectivity index (χ1v) is 9.65. The van der Waals surface area contributed by atoms with E-state index in [0.29, 0.717) is 25.9 Å². The molecule has 7 heteroatoms. The fourth-order valence-corrected chi connectivity index (χ4v) is 3.68. The van der Waals surface area contributed by atoms with Gasteiger partial charge in [0.25, 0.3) is 0 Å². The van der Waals surface area contributed by atoms with Gasteiger partial charge in [0.05, 0.1) is 24.8 Å². The van der Waals surface area contributed by atoms with Gasteiger partial charge >= 0.3 is 0 Å². The number of benzene rings is 1. The molecule has 7 nitrogen and oxygen atoms in total. The van der Waals surface area contributed by atoms with Crippen molar-refractivity contribution in [2.75, 3.05) is 20.2 Å². The molecule has 0 radical (unpaired) electrons. The lowest BCUT2D eigenvalue weighted by Gasteiger charge is -2.35. The summed E-state index contributed by atoms with van der Waals surface area (Å²) in [6, 6.07) is 7.31. The van der Waals surface area contributed by atoms with Crippen molar-refractivity contribution in [1.29, 1.82) is 0 Å². The van der Waals surface area contributed by atoms with Crippen LogP contribution in [0.1, 0.15) is 49.8 Å². The third-order valence-corrected chi connectivity index (χ3v) is 5.13. The van der Waals surface area contributed by atoms with Gasteiger partial charge in [-0.05, 0) is 38.0 Å². The molecule has 2 aromatic rings. The predicted octanol–water partition coefficient (Wildman–Crippen LogP) is 2.28. The summed E-state index contributed by atoms with van der Waals surface area (Å²) in [7, 11) is 1.63. The van der Waals surface area contributed by atoms with Crippen molar-refractivity contribution in [1.82, 2.24) is 19.8 Å². The van der Waals surface area contributed by atoms with Crippen LogP contribution in [-0.2, 0) is 22.4 Å². The first kappa shape index (κ1) is 19.9. The highest BCUT2D eigenvalue weighted by Gasteiger charge is 2.38. The first-order valence-electron chi connectivity index (χ1n) is 9.65.